The summed E-state index contributed by atoms with van der Waals surface area (Å²) in [5, 5.41) is 8.98. The van der Waals surface area contributed by atoms with Gasteiger partial charge >= 0.3 is 5.97 Å². The third kappa shape index (κ3) is 4.21. The number of nitrogens with zero attached hydrogens (tertiary/aromatic N) is 2. The highest BCUT2D eigenvalue weighted by Crippen LogP contribution is 2.23. The molecule has 0 saturated carbocycles. The number of likely N-dealkylation sites (tertiary alicyclic amines) is 1. The van der Waals surface area contributed by atoms with Crippen molar-refractivity contribution in [1.29, 1.82) is 0 Å². The molecule has 1 aliphatic heterocycles. The van der Waals surface area contributed by atoms with Crippen LogP contribution in [0, 0.1) is 5.92 Å². The smallest absolute Gasteiger partial charge is 0.323 e. The molecule has 0 aromatic rings. The minimum Gasteiger partial charge on any atom is -0.480 e. The molecule has 1 N–H and O–H groups in total. The Morgan fingerprint density at radius 3 is 2.35 bits per heavy atom. The van der Waals surface area contributed by atoms with Gasteiger partial charge in [-0.25, -0.2) is 0 Å². The van der Waals surface area contributed by atoms with Crippen molar-refractivity contribution in [2.75, 3.05) is 19.6 Å². The molecule has 0 aromatic carbocycles. The first kappa shape index (κ1) is 16.5. The summed E-state index contributed by atoms with van der Waals surface area (Å²) in [5.74, 6) is -1.53. The normalized spacial score (nSPS) is 19.6. The number of carbonyl (C=O) groups is 3. The number of amides is 2. The van der Waals surface area contributed by atoms with Crippen molar-refractivity contribution in [3.8, 4) is 0 Å². The Morgan fingerprint density at radius 2 is 1.90 bits per heavy atom. The van der Waals surface area contributed by atoms with Crippen LogP contribution in [0.5, 0.6) is 0 Å². The Balaban J connectivity index is 2.83. The van der Waals surface area contributed by atoms with Gasteiger partial charge < -0.3 is 14.9 Å². The van der Waals surface area contributed by atoms with E-state index in [2.05, 4.69) is 0 Å². The van der Waals surface area contributed by atoms with E-state index in [0.29, 0.717) is 19.5 Å². The standard InChI is InChI=1S/C14H24N2O4/c1-10(17)15-7-5-6-11(8-15)13(20)16(9-12(18)19)14(2,3)4/h11H,5-9H2,1-4H3,(H,18,19). The summed E-state index contributed by atoms with van der Waals surface area (Å²) < 4.78 is 0. The van der Waals surface area contributed by atoms with Crippen LogP contribution in [0.1, 0.15) is 40.5 Å². The van der Waals surface area contributed by atoms with Crippen molar-refractivity contribution in [3.63, 3.8) is 0 Å². The van der Waals surface area contributed by atoms with Gasteiger partial charge in [-0.2, -0.15) is 0 Å². The van der Waals surface area contributed by atoms with E-state index in [-0.39, 0.29) is 24.3 Å². The molecule has 1 rings (SSSR count). The average molecular weight is 284 g/mol. The number of aliphatic carboxylic acids is 1. The monoisotopic (exact) mass is 284 g/mol. The van der Waals surface area contributed by atoms with Crippen molar-refractivity contribution < 1.29 is 19.5 Å². The van der Waals surface area contributed by atoms with Crippen LogP contribution in [0.25, 0.3) is 0 Å². The topological polar surface area (TPSA) is 77.9 Å². The summed E-state index contributed by atoms with van der Waals surface area (Å²) in [6, 6.07) is 0. The predicted molar refractivity (Wildman–Crippen MR) is 74.1 cm³/mol. The van der Waals surface area contributed by atoms with Crippen LogP contribution in [-0.4, -0.2) is 57.9 Å². The van der Waals surface area contributed by atoms with E-state index in [9.17, 15) is 14.4 Å². The Labute approximate surface area is 119 Å². The fraction of sp³-hybridized carbons (Fsp3) is 0.786. The second-order valence-corrected chi connectivity index (χ2v) is 6.29. The molecule has 1 aliphatic rings. The highest BCUT2D eigenvalue weighted by atomic mass is 16.4. The summed E-state index contributed by atoms with van der Waals surface area (Å²) in [4.78, 5) is 38.0. The summed E-state index contributed by atoms with van der Waals surface area (Å²) in [5.41, 5.74) is -0.548. The molecule has 0 radical (unpaired) electrons. The van der Waals surface area contributed by atoms with Crippen LogP contribution in [0.2, 0.25) is 0 Å². The Morgan fingerprint density at radius 1 is 1.30 bits per heavy atom. The molecular formula is C14H24N2O4. The third-order valence-corrected chi connectivity index (χ3v) is 3.59. The van der Waals surface area contributed by atoms with Crippen molar-refractivity contribution in [3.05, 3.63) is 0 Å². The quantitative estimate of drug-likeness (QED) is 0.837. The van der Waals surface area contributed by atoms with Crippen LogP contribution in [-0.2, 0) is 14.4 Å². The Bertz CT molecular complexity index is 400. The molecule has 6 nitrogen and oxygen atoms in total. The van der Waals surface area contributed by atoms with Crippen LogP contribution in [0.4, 0.5) is 0 Å². The van der Waals surface area contributed by atoms with E-state index < -0.39 is 11.5 Å². The van der Waals surface area contributed by atoms with Gasteiger partial charge in [-0.15, -0.1) is 0 Å². The molecule has 0 bridgehead atoms. The van der Waals surface area contributed by atoms with Crippen LogP contribution in [0.15, 0.2) is 0 Å². The molecule has 0 spiro atoms. The SMILES string of the molecule is CC(=O)N1CCCC(C(=O)N(CC(=O)O)C(C)(C)C)C1. The summed E-state index contributed by atoms with van der Waals surface area (Å²) in [6.45, 7) is 7.71. The lowest BCUT2D eigenvalue weighted by molar-refractivity contribution is -0.152. The van der Waals surface area contributed by atoms with Gasteiger partial charge in [0, 0.05) is 25.6 Å². The highest BCUT2D eigenvalue weighted by molar-refractivity contribution is 5.84. The second kappa shape index (κ2) is 6.24. The number of piperidine rings is 1. The molecule has 2 amide bonds. The number of rotatable bonds is 3. The van der Waals surface area contributed by atoms with Crippen molar-refractivity contribution in [1.82, 2.24) is 9.80 Å². The average Bonchev–Trinajstić information content (AvgIpc) is 2.33. The molecule has 1 heterocycles. The van der Waals surface area contributed by atoms with Crippen molar-refractivity contribution in [2.45, 2.75) is 46.1 Å². The van der Waals surface area contributed by atoms with Gasteiger partial charge in [-0.3, -0.25) is 14.4 Å². The zero-order chi connectivity index (χ0) is 15.5. The zero-order valence-corrected chi connectivity index (χ0v) is 12.7. The number of carboxylic acids is 1. The van der Waals surface area contributed by atoms with Gasteiger partial charge in [-0.05, 0) is 33.6 Å². The molecule has 0 aliphatic carbocycles. The molecule has 114 valence electrons. The van der Waals surface area contributed by atoms with Gasteiger partial charge in [0.15, 0.2) is 0 Å². The number of carboxylic acid groups (broad SMARTS) is 1. The molecule has 1 saturated heterocycles. The minimum atomic E-state index is -1.02. The Hall–Kier alpha value is -1.59. The lowest BCUT2D eigenvalue weighted by Crippen LogP contribution is -2.53. The fourth-order valence-electron chi connectivity index (χ4n) is 2.47. The fourth-order valence-corrected chi connectivity index (χ4v) is 2.47. The van der Waals surface area contributed by atoms with E-state index in [1.165, 1.54) is 11.8 Å². The highest BCUT2D eigenvalue weighted by Gasteiger charge is 2.35. The van der Waals surface area contributed by atoms with E-state index in [1.54, 1.807) is 4.90 Å². The number of carbonyl (C=O) groups excluding carboxylic acids is 2. The largest absolute Gasteiger partial charge is 0.480 e. The van der Waals surface area contributed by atoms with Crippen LogP contribution < -0.4 is 0 Å². The number of hydrogen-bond acceptors (Lipinski definition) is 3. The van der Waals surface area contributed by atoms with Gasteiger partial charge in [0.05, 0.1) is 5.92 Å². The lowest BCUT2D eigenvalue weighted by Gasteiger charge is -2.39. The third-order valence-electron chi connectivity index (χ3n) is 3.59. The van der Waals surface area contributed by atoms with Gasteiger partial charge in [0.1, 0.15) is 6.54 Å². The zero-order valence-electron chi connectivity index (χ0n) is 12.7. The lowest BCUT2D eigenvalue weighted by atomic mass is 9.94. The molecular weight excluding hydrogens is 260 g/mol. The Kier molecular flexibility index (Phi) is 5.14. The molecule has 1 atom stereocenters. The maximum absolute atomic E-state index is 12.6. The first-order valence-corrected chi connectivity index (χ1v) is 6.91. The van der Waals surface area contributed by atoms with Crippen LogP contribution >= 0.6 is 0 Å². The van der Waals surface area contributed by atoms with Crippen molar-refractivity contribution >= 4 is 17.8 Å². The molecule has 6 heteroatoms. The molecule has 1 fully saturated rings. The maximum atomic E-state index is 12.6. The van der Waals surface area contributed by atoms with E-state index >= 15 is 0 Å². The van der Waals surface area contributed by atoms with Crippen LogP contribution in [0.3, 0.4) is 0 Å². The van der Waals surface area contributed by atoms with Gasteiger partial charge in [0.25, 0.3) is 0 Å². The first-order chi connectivity index (χ1) is 9.12. The maximum Gasteiger partial charge on any atom is 0.323 e. The summed E-state index contributed by atoms with van der Waals surface area (Å²) in [7, 11) is 0. The first-order valence-electron chi connectivity index (χ1n) is 6.91. The van der Waals surface area contributed by atoms with E-state index in [4.69, 9.17) is 5.11 Å². The van der Waals surface area contributed by atoms with Gasteiger partial charge in [-0.1, -0.05) is 0 Å². The predicted octanol–water partition coefficient (Wildman–Crippen LogP) is 0.957. The summed E-state index contributed by atoms with van der Waals surface area (Å²) in [6.07, 6.45) is 1.48. The van der Waals surface area contributed by atoms with E-state index in [0.717, 1.165) is 6.42 Å². The van der Waals surface area contributed by atoms with Crippen molar-refractivity contribution in [2.24, 2.45) is 5.92 Å². The summed E-state index contributed by atoms with van der Waals surface area (Å²) >= 11 is 0. The van der Waals surface area contributed by atoms with E-state index in [1.807, 2.05) is 20.8 Å². The van der Waals surface area contributed by atoms with Gasteiger partial charge in [0.2, 0.25) is 11.8 Å². The minimum absolute atomic E-state index is 0.0388. The molecule has 20 heavy (non-hydrogen) atoms. The molecule has 0 aromatic heterocycles. The number of hydrogen-bond donors (Lipinski definition) is 1. The molecule has 1 unspecified atom stereocenters. The second-order valence-electron chi connectivity index (χ2n) is 6.29.